The maximum absolute atomic E-state index is 6.17. The number of fused-ring (bicyclic) bond motifs is 1. The molecule has 0 radical (unpaired) electrons. The third-order valence-electron chi connectivity index (χ3n) is 2.31. The van der Waals surface area contributed by atoms with E-state index in [1.165, 1.54) is 0 Å². The van der Waals surface area contributed by atoms with Crippen molar-refractivity contribution < 1.29 is 4.42 Å². The summed E-state index contributed by atoms with van der Waals surface area (Å²) in [6.45, 7) is 6.67. The molecule has 0 aromatic carbocycles. The number of furan rings is 1. The first-order valence-electron chi connectivity index (χ1n) is 4.75. The van der Waals surface area contributed by atoms with Gasteiger partial charge in [0.25, 0.3) is 0 Å². The summed E-state index contributed by atoms with van der Waals surface area (Å²) in [5.74, 6) is 0. The molecule has 0 bridgehead atoms. The van der Waals surface area contributed by atoms with E-state index in [2.05, 4.69) is 56.5 Å². The van der Waals surface area contributed by atoms with E-state index in [0.29, 0.717) is 5.22 Å². The van der Waals surface area contributed by atoms with Crippen LogP contribution in [0.4, 0.5) is 0 Å². The minimum Gasteiger partial charge on any atom is -0.442 e. The van der Waals surface area contributed by atoms with Crippen molar-refractivity contribution in [1.29, 1.82) is 0 Å². The molecule has 6 heteroatoms. The van der Waals surface area contributed by atoms with Crippen LogP contribution in [0.1, 0.15) is 0 Å². The fraction of sp³-hybridized carbons (Fsp3) is 0.300. The maximum atomic E-state index is 6.17. The average molecular weight is 384 g/mol. The molecule has 0 spiro atoms. The van der Waals surface area contributed by atoms with Crippen LogP contribution in [0.5, 0.6) is 0 Å². The fourth-order valence-corrected chi connectivity index (χ4v) is 4.80. The minimum absolute atomic E-state index is 0.473. The van der Waals surface area contributed by atoms with Crippen LogP contribution < -0.4 is 5.19 Å². The molecule has 0 aliphatic heterocycles. The molecule has 0 saturated heterocycles. The van der Waals surface area contributed by atoms with Gasteiger partial charge < -0.3 is 4.42 Å². The number of halogens is 3. The molecular formula is C10H10Br2ClNOSi. The molecule has 2 nitrogen and oxygen atoms in total. The quantitative estimate of drug-likeness (QED) is 0.675. The van der Waals surface area contributed by atoms with Crippen molar-refractivity contribution in [2.75, 3.05) is 0 Å². The Hall–Kier alpha value is 0.157. The van der Waals surface area contributed by atoms with Crippen LogP contribution in [0.3, 0.4) is 0 Å². The smallest absolute Gasteiger partial charge is 0.195 e. The monoisotopic (exact) mass is 381 g/mol. The lowest BCUT2D eigenvalue weighted by molar-refractivity contribution is 0.617. The van der Waals surface area contributed by atoms with Crippen molar-refractivity contribution in [1.82, 2.24) is 4.98 Å². The summed E-state index contributed by atoms with van der Waals surface area (Å²) in [5.41, 5.74) is 1.59. The number of hydrogen-bond acceptors (Lipinski definition) is 2. The van der Waals surface area contributed by atoms with Crippen LogP contribution in [0.25, 0.3) is 11.1 Å². The first kappa shape index (κ1) is 12.6. The van der Waals surface area contributed by atoms with E-state index in [0.717, 1.165) is 25.2 Å². The van der Waals surface area contributed by atoms with Gasteiger partial charge in [-0.15, -0.1) is 0 Å². The first-order chi connectivity index (χ1) is 7.32. The number of nitrogens with zero attached hydrogens (tertiary/aromatic N) is 1. The Bertz CT molecular complexity index is 562. The summed E-state index contributed by atoms with van der Waals surface area (Å²) in [4.78, 5) is 4.41. The highest BCUT2D eigenvalue weighted by atomic mass is 79.9. The van der Waals surface area contributed by atoms with E-state index in [9.17, 15) is 0 Å². The number of pyridine rings is 1. The van der Waals surface area contributed by atoms with Gasteiger partial charge in [-0.25, -0.2) is 0 Å². The fourth-order valence-electron chi connectivity index (χ4n) is 1.60. The van der Waals surface area contributed by atoms with Crippen molar-refractivity contribution in [3.8, 4) is 0 Å². The molecule has 2 aromatic heterocycles. The van der Waals surface area contributed by atoms with Gasteiger partial charge >= 0.3 is 0 Å². The summed E-state index contributed by atoms with van der Waals surface area (Å²) >= 11 is 13.0. The molecule has 2 aromatic rings. The number of aromatic nitrogens is 1. The van der Waals surface area contributed by atoms with E-state index in [1.54, 1.807) is 6.20 Å². The highest BCUT2D eigenvalue weighted by Gasteiger charge is 2.28. The lowest BCUT2D eigenvalue weighted by atomic mass is 10.4. The Balaban J connectivity index is 2.88. The number of hydrogen-bond donors (Lipinski definition) is 0. The summed E-state index contributed by atoms with van der Waals surface area (Å²) in [6.07, 6.45) is 1.77. The molecule has 86 valence electrons. The second kappa shape index (κ2) is 4.12. The normalized spacial score (nSPS) is 12.4. The van der Waals surface area contributed by atoms with Crippen LogP contribution in [-0.2, 0) is 0 Å². The highest BCUT2D eigenvalue weighted by molar-refractivity contribution is 9.13. The van der Waals surface area contributed by atoms with Gasteiger partial charge in [0.05, 0.1) is 17.0 Å². The molecule has 0 saturated carbocycles. The van der Waals surface area contributed by atoms with E-state index in [-0.39, 0.29) is 0 Å². The zero-order valence-electron chi connectivity index (χ0n) is 9.07. The zero-order chi connectivity index (χ0) is 12.1. The van der Waals surface area contributed by atoms with Crippen LogP contribution in [0, 0.1) is 0 Å². The third kappa shape index (κ3) is 1.98. The Kier molecular flexibility index (Phi) is 3.25. The molecule has 2 rings (SSSR count). The molecule has 0 N–H and O–H groups in total. The van der Waals surface area contributed by atoms with Gasteiger partial charge in [0, 0.05) is 11.4 Å². The van der Waals surface area contributed by atoms with Crippen molar-refractivity contribution >= 4 is 67.8 Å². The van der Waals surface area contributed by atoms with E-state index in [1.807, 2.05) is 0 Å². The average Bonchev–Trinajstić information content (AvgIpc) is 2.48. The molecule has 16 heavy (non-hydrogen) atoms. The van der Waals surface area contributed by atoms with Gasteiger partial charge in [0.1, 0.15) is 5.52 Å². The Morgan fingerprint density at radius 1 is 1.31 bits per heavy atom. The van der Waals surface area contributed by atoms with Gasteiger partial charge in [-0.3, -0.25) is 4.98 Å². The topological polar surface area (TPSA) is 26.0 Å². The Labute approximate surface area is 117 Å². The molecule has 0 aliphatic rings. The van der Waals surface area contributed by atoms with Crippen LogP contribution >= 0.6 is 43.5 Å². The summed E-state index contributed by atoms with van der Waals surface area (Å²) in [7, 11) is -1.55. The van der Waals surface area contributed by atoms with Gasteiger partial charge in [-0.1, -0.05) is 19.6 Å². The highest BCUT2D eigenvalue weighted by Crippen LogP contribution is 2.33. The zero-order valence-corrected chi connectivity index (χ0v) is 14.0. The van der Waals surface area contributed by atoms with E-state index >= 15 is 0 Å². The lowest BCUT2D eigenvalue weighted by Crippen LogP contribution is -2.38. The Morgan fingerprint density at radius 2 is 1.94 bits per heavy atom. The predicted octanol–water partition coefficient (Wildman–Crippen LogP) is 4.55. The third-order valence-corrected chi connectivity index (χ3v) is 6.62. The second-order valence-corrected chi connectivity index (χ2v) is 11.6. The lowest BCUT2D eigenvalue weighted by Gasteiger charge is -2.13. The van der Waals surface area contributed by atoms with Gasteiger partial charge in [0.15, 0.2) is 10.8 Å². The van der Waals surface area contributed by atoms with Gasteiger partial charge in [-0.05, 0) is 43.5 Å². The van der Waals surface area contributed by atoms with Gasteiger partial charge in [-0.2, -0.15) is 0 Å². The molecule has 0 amide bonds. The second-order valence-electron chi connectivity index (χ2n) is 4.60. The molecule has 0 fully saturated rings. The largest absolute Gasteiger partial charge is 0.442 e. The SMILES string of the molecule is C[Si](C)(C)c1c(Cl)oc2c(Br)c(Br)cnc12. The minimum atomic E-state index is -1.55. The van der Waals surface area contributed by atoms with Crippen molar-refractivity contribution in [2.24, 2.45) is 0 Å². The van der Waals surface area contributed by atoms with Crippen LogP contribution in [-0.4, -0.2) is 13.1 Å². The standard InChI is InChI=1S/C10H10Br2ClNOSi/c1-16(2,3)9-7-8(15-10(9)13)6(12)5(11)4-14-7/h4H,1-3H3. The maximum Gasteiger partial charge on any atom is 0.195 e. The first-order valence-corrected chi connectivity index (χ1v) is 10.2. The molecular weight excluding hydrogens is 373 g/mol. The van der Waals surface area contributed by atoms with Crippen molar-refractivity contribution in [3.05, 3.63) is 20.4 Å². The van der Waals surface area contributed by atoms with E-state index in [4.69, 9.17) is 16.0 Å². The van der Waals surface area contributed by atoms with Crippen molar-refractivity contribution in [2.45, 2.75) is 19.6 Å². The molecule has 0 atom stereocenters. The molecule has 2 heterocycles. The van der Waals surface area contributed by atoms with Gasteiger partial charge in [0.2, 0.25) is 0 Å². The Morgan fingerprint density at radius 3 is 2.50 bits per heavy atom. The van der Waals surface area contributed by atoms with Crippen LogP contribution in [0.2, 0.25) is 24.9 Å². The van der Waals surface area contributed by atoms with Crippen LogP contribution in [0.15, 0.2) is 19.6 Å². The summed E-state index contributed by atoms with van der Waals surface area (Å²) in [5, 5.41) is 1.55. The van der Waals surface area contributed by atoms with E-state index < -0.39 is 8.07 Å². The summed E-state index contributed by atoms with van der Waals surface area (Å²) in [6, 6.07) is 0. The number of rotatable bonds is 1. The van der Waals surface area contributed by atoms with Crippen molar-refractivity contribution in [3.63, 3.8) is 0 Å². The molecule has 0 aliphatic carbocycles. The summed E-state index contributed by atoms with van der Waals surface area (Å²) < 4.78 is 7.33. The molecule has 0 unspecified atom stereocenters. The predicted molar refractivity (Wildman–Crippen MR) is 77.4 cm³/mol.